The summed E-state index contributed by atoms with van der Waals surface area (Å²) in [6, 6.07) is 6.91. The Labute approximate surface area is 122 Å². The van der Waals surface area contributed by atoms with Crippen molar-refractivity contribution in [2.24, 2.45) is 0 Å². The first-order valence-corrected chi connectivity index (χ1v) is 4.92. The molecule has 1 aromatic carbocycles. The number of hydrazine groups is 1. The molecule has 4 nitrogen and oxygen atoms in total. The Morgan fingerprint density at radius 2 is 2.25 bits per heavy atom. The van der Waals surface area contributed by atoms with E-state index >= 15 is 0 Å². The Morgan fingerprint density at radius 1 is 1.56 bits per heavy atom. The summed E-state index contributed by atoms with van der Waals surface area (Å²) in [5.74, 6) is -1.08. The first-order valence-electron chi connectivity index (χ1n) is 4.55. The molecule has 0 saturated carbocycles. The number of nitrogens with one attached hydrogen (secondary N) is 2. The van der Waals surface area contributed by atoms with Crippen LogP contribution >= 0.6 is 11.6 Å². The van der Waals surface area contributed by atoms with Crippen LogP contribution < -0.4 is 45.5 Å². The zero-order valence-electron chi connectivity index (χ0n) is 9.29. The summed E-state index contributed by atoms with van der Waals surface area (Å²) in [5.41, 5.74) is 6.48. The van der Waals surface area contributed by atoms with Gasteiger partial charge in [-0.1, -0.05) is 17.7 Å². The minimum absolute atomic E-state index is 0. The number of benzene rings is 1. The van der Waals surface area contributed by atoms with Crippen molar-refractivity contribution in [3.63, 3.8) is 0 Å². The zero-order valence-corrected chi connectivity index (χ0v) is 12.0. The monoisotopic (exact) mass is 250 g/mol. The van der Waals surface area contributed by atoms with E-state index in [1.165, 1.54) is 0 Å². The van der Waals surface area contributed by atoms with Gasteiger partial charge in [0.15, 0.2) is 0 Å². The maximum absolute atomic E-state index is 10.3. The van der Waals surface area contributed by atoms with Crippen LogP contribution in [0.4, 0.5) is 5.69 Å². The third-order valence-corrected chi connectivity index (χ3v) is 2.00. The van der Waals surface area contributed by atoms with Crippen molar-refractivity contribution >= 4 is 23.3 Å². The Morgan fingerprint density at radius 3 is 2.81 bits per heavy atom. The van der Waals surface area contributed by atoms with Gasteiger partial charge >= 0.3 is 29.6 Å². The van der Waals surface area contributed by atoms with Crippen molar-refractivity contribution in [3.8, 4) is 0 Å². The minimum Gasteiger partial charge on any atom is -0.550 e. The summed E-state index contributed by atoms with van der Waals surface area (Å²) in [6.07, 6.45) is -0.0480. The van der Waals surface area contributed by atoms with Gasteiger partial charge in [-0.15, -0.1) is 0 Å². The normalized spacial score (nSPS) is 11.4. The van der Waals surface area contributed by atoms with E-state index in [-0.39, 0.29) is 42.0 Å². The Bertz CT molecular complexity index is 349. The molecule has 0 amide bonds. The van der Waals surface area contributed by atoms with Gasteiger partial charge in [0.2, 0.25) is 0 Å². The third kappa shape index (κ3) is 6.35. The summed E-state index contributed by atoms with van der Waals surface area (Å²) in [7, 11) is 0. The fourth-order valence-electron chi connectivity index (χ4n) is 1.07. The van der Waals surface area contributed by atoms with Crippen LogP contribution in [0.2, 0.25) is 5.02 Å². The van der Waals surface area contributed by atoms with Crippen molar-refractivity contribution < 1.29 is 39.5 Å². The molecule has 0 aliphatic carbocycles. The predicted octanol–water partition coefficient (Wildman–Crippen LogP) is -2.21. The molecule has 0 aromatic heterocycles. The molecule has 82 valence electrons. The first kappa shape index (κ1) is 15.7. The second-order valence-electron chi connectivity index (χ2n) is 3.26. The van der Waals surface area contributed by atoms with Crippen LogP contribution in [-0.4, -0.2) is 12.0 Å². The summed E-state index contributed by atoms with van der Waals surface area (Å²) in [4.78, 5) is 10.3. The zero-order chi connectivity index (χ0) is 11.3. The molecule has 2 N–H and O–H groups in total. The summed E-state index contributed by atoms with van der Waals surface area (Å²) >= 11 is 5.77. The number of carbonyl (C=O) groups excluding carboxylic acids is 1. The van der Waals surface area contributed by atoms with E-state index in [2.05, 4.69) is 10.9 Å². The van der Waals surface area contributed by atoms with Gasteiger partial charge in [-0.05, 0) is 25.1 Å². The predicted molar refractivity (Wildman–Crippen MR) is 57.3 cm³/mol. The summed E-state index contributed by atoms with van der Waals surface area (Å²) < 4.78 is 0. The molecule has 0 aliphatic rings. The molecule has 1 rings (SSSR count). The Hall–Kier alpha value is -0.260. The van der Waals surface area contributed by atoms with Crippen LogP contribution in [0.5, 0.6) is 0 Å². The molecule has 0 spiro atoms. The molecule has 1 atom stereocenters. The average molecular weight is 251 g/mol. The van der Waals surface area contributed by atoms with Crippen LogP contribution in [0, 0.1) is 0 Å². The largest absolute Gasteiger partial charge is 1.00 e. The Kier molecular flexibility index (Phi) is 7.80. The van der Waals surface area contributed by atoms with Gasteiger partial charge < -0.3 is 15.3 Å². The number of carbonyl (C=O) groups is 1. The SMILES string of the molecule is CC(CC(=O)[O-])NNc1cccc(Cl)c1.[Na+]. The molecular weight excluding hydrogens is 239 g/mol. The molecule has 0 radical (unpaired) electrons. The molecule has 0 fully saturated rings. The maximum Gasteiger partial charge on any atom is 1.00 e. The molecule has 1 aromatic rings. The molecule has 1 unspecified atom stereocenters. The summed E-state index contributed by atoms with van der Waals surface area (Å²) in [6.45, 7) is 1.74. The van der Waals surface area contributed by atoms with Crippen molar-refractivity contribution in [1.29, 1.82) is 0 Å². The number of halogens is 1. The van der Waals surface area contributed by atoms with E-state index in [9.17, 15) is 9.90 Å². The van der Waals surface area contributed by atoms with Crippen LogP contribution in [0.3, 0.4) is 0 Å². The average Bonchev–Trinajstić information content (AvgIpc) is 2.14. The summed E-state index contributed by atoms with van der Waals surface area (Å²) in [5, 5.41) is 10.9. The van der Waals surface area contributed by atoms with E-state index in [0.717, 1.165) is 5.69 Å². The van der Waals surface area contributed by atoms with Crippen molar-refractivity contribution in [2.45, 2.75) is 19.4 Å². The Balaban J connectivity index is 0.00000225. The van der Waals surface area contributed by atoms with E-state index < -0.39 is 5.97 Å². The van der Waals surface area contributed by atoms with Gasteiger partial charge in [0.1, 0.15) is 0 Å². The first-order chi connectivity index (χ1) is 7.08. The van der Waals surface area contributed by atoms with Crippen molar-refractivity contribution in [1.82, 2.24) is 5.43 Å². The smallest absolute Gasteiger partial charge is 0.550 e. The second-order valence-corrected chi connectivity index (χ2v) is 3.69. The number of anilines is 1. The van der Waals surface area contributed by atoms with Gasteiger partial charge in [-0.25, -0.2) is 5.43 Å². The van der Waals surface area contributed by atoms with Gasteiger partial charge in [0.05, 0.1) is 5.69 Å². The van der Waals surface area contributed by atoms with Crippen LogP contribution in [0.25, 0.3) is 0 Å². The fourth-order valence-corrected chi connectivity index (χ4v) is 1.26. The number of carboxylic acid groups (broad SMARTS) is 1. The van der Waals surface area contributed by atoms with E-state index in [1.807, 2.05) is 6.07 Å². The molecule has 0 saturated heterocycles. The standard InChI is InChI=1S/C10H13ClN2O2.Na/c1-7(5-10(14)15)12-13-9-4-2-3-8(11)6-9;/h2-4,6-7,12-13H,5H2,1H3,(H,14,15);/q;+1/p-1. The number of rotatable bonds is 5. The van der Waals surface area contributed by atoms with Gasteiger partial charge in [-0.2, -0.15) is 0 Å². The molecule has 0 aliphatic heterocycles. The topological polar surface area (TPSA) is 64.2 Å². The molecule has 0 bridgehead atoms. The molecule has 0 heterocycles. The van der Waals surface area contributed by atoms with E-state index in [0.29, 0.717) is 5.02 Å². The second kappa shape index (κ2) is 7.92. The number of hydrogen-bond donors (Lipinski definition) is 2. The fraction of sp³-hybridized carbons (Fsp3) is 0.300. The van der Waals surface area contributed by atoms with Crippen molar-refractivity contribution in [2.75, 3.05) is 5.43 Å². The maximum atomic E-state index is 10.3. The quantitative estimate of drug-likeness (QED) is 0.460. The van der Waals surface area contributed by atoms with E-state index in [1.54, 1.807) is 25.1 Å². The van der Waals surface area contributed by atoms with Crippen LogP contribution in [-0.2, 0) is 4.79 Å². The van der Waals surface area contributed by atoms with Gasteiger partial charge in [0, 0.05) is 23.5 Å². The molecule has 16 heavy (non-hydrogen) atoms. The van der Waals surface area contributed by atoms with Crippen molar-refractivity contribution in [3.05, 3.63) is 29.3 Å². The van der Waals surface area contributed by atoms with Gasteiger partial charge in [0.25, 0.3) is 0 Å². The third-order valence-electron chi connectivity index (χ3n) is 1.76. The number of carboxylic acids is 1. The number of aliphatic carboxylic acids is 1. The molecule has 6 heteroatoms. The number of hydrogen-bond acceptors (Lipinski definition) is 4. The van der Waals surface area contributed by atoms with Crippen LogP contribution in [0.15, 0.2) is 24.3 Å². The van der Waals surface area contributed by atoms with E-state index in [4.69, 9.17) is 11.6 Å². The minimum atomic E-state index is -1.08. The molecular formula is C10H12ClN2NaO2. The van der Waals surface area contributed by atoms with Gasteiger partial charge in [-0.3, -0.25) is 0 Å². The van der Waals surface area contributed by atoms with Crippen LogP contribution in [0.1, 0.15) is 13.3 Å².